The molecule has 0 aliphatic heterocycles. The van der Waals surface area contributed by atoms with Gasteiger partial charge in [-0.15, -0.1) is 6.42 Å². The fourth-order valence-corrected chi connectivity index (χ4v) is 2.17. The van der Waals surface area contributed by atoms with Gasteiger partial charge in [-0.05, 0) is 0 Å². The summed E-state index contributed by atoms with van der Waals surface area (Å²) in [7, 11) is -1.01. The van der Waals surface area contributed by atoms with Crippen LogP contribution < -0.4 is 0 Å². The second kappa shape index (κ2) is 3.54. The van der Waals surface area contributed by atoms with E-state index in [0.29, 0.717) is 0 Å². The number of allylic oxidation sites excluding steroid dienone is 4. The Balaban J connectivity index is 0.000000810. The summed E-state index contributed by atoms with van der Waals surface area (Å²) in [4.78, 5) is 0. The molecule has 0 aromatic rings. The summed E-state index contributed by atoms with van der Waals surface area (Å²) in [6.45, 7) is 7.06. The van der Waals surface area contributed by atoms with Crippen molar-refractivity contribution < 1.29 is 16.5 Å². The normalized spacial score (nSPS) is 16.5. The van der Waals surface area contributed by atoms with E-state index in [0.717, 1.165) is 6.42 Å². The quantitative estimate of drug-likeness (QED) is 0.446. The molecule has 0 heterocycles. The maximum atomic E-state index is 3.36. The van der Waals surface area contributed by atoms with Crippen LogP contribution >= 0.6 is 0 Å². The van der Waals surface area contributed by atoms with Crippen molar-refractivity contribution in [3.8, 4) is 0 Å². The van der Waals surface area contributed by atoms with Gasteiger partial charge in [0.25, 0.3) is 0 Å². The van der Waals surface area contributed by atoms with Gasteiger partial charge >= 0.3 is 0 Å². The first-order valence-corrected chi connectivity index (χ1v) is 6.88. The molecule has 0 aromatic heterocycles. The SMILES string of the molecule is C[Si](C)(C)C1=[C-]CC=C1.[Ni]. The summed E-state index contributed by atoms with van der Waals surface area (Å²) < 4.78 is 0. The maximum absolute atomic E-state index is 3.36. The average Bonchev–Trinajstić information content (AvgIpc) is 2.08. The van der Waals surface area contributed by atoms with E-state index in [9.17, 15) is 0 Å². The minimum atomic E-state index is -1.01. The third-order valence-electron chi connectivity index (χ3n) is 1.50. The monoisotopic (exact) mass is 195 g/mol. The van der Waals surface area contributed by atoms with Gasteiger partial charge in [-0.2, -0.15) is 6.08 Å². The van der Waals surface area contributed by atoms with E-state index < -0.39 is 8.07 Å². The molecule has 0 saturated heterocycles. The van der Waals surface area contributed by atoms with Crippen LogP contribution in [-0.4, -0.2) is 8.07 Å². The Morgan fingerprint density at radius 1 is 1.40 bits per heavy atom. The number of hydrogen-bond donors (Lipinski definition) is 0. The molecule has 0 saturated carbocycles. The first kappa shape index (κ1) is 10.2. The standard InChI is InChI=1S/C8H13Si.Ni/c1-9(2,3)8-6-4-5-7-8;/h4,6H,5H2,1-3H3;/q-1;. The Kier molecular flexibility index (Phi) is 3.61. The van der Waals surface area contributed by atoms with E-state index in [4.69, 9.17) is 0 Å². The second-order valence-electron chi connectivity index (χ2n) is 3.45. The summed E-state index contributed by atoms with van der Waals surface area (Å²) in [5.74, 6) is 0. The molecule has 1 rings (SSSR count). The number of rotatable bonds is 1. The van der Waals surface area contributed by atoms with Crippen molar-refractivity contribution in [1.29, 1.82) is 0 Å². The van der Waals surface area contributed by atoms with Gasteiger partial charge in [0.1, 0.15) is 0 Å². The fraction of sp³-hybridized carbons (Fsp3) is 0.500. The van der Waals surface area contributed by atoms with Crippen molar-refractivity contribution in [2.24, 2.45) is 0 Å². The summed E-state index contributed by atoms with van der Waals surface area (Å²) in [6, 6.07) is 0. The van der Waals surface area contributed by atoms with Gasteiger partial charge < -0.3 is 0 Å². The Bertz CT molecular complexity index is 163. The summed E-state index contributed by atoms with van der Waals surface area (Å²) >= 11 is 0. The molecule has 60 valence electrons. The Labute approximate surface area is 74.3 Å². The summed E-state index contributed by atoms with van der Waals surface area (Å²) in [5, 5.41) is 1.49. The molecule has 0 bridgehead atoms. The fourth-order valence-electron chi connectivity index (χ4n) is 0.920. The Morgan fingerprint density at radius 3 is 2.20 bits per heavy atom. The molecule has 10 heavy (non-hydrogen) atoms. The average molecular weight is 196 g/mol. The zero-order chi connectivity index (χ0) is 6.91. The van der Waals surface area contributed by atoms with E-state index in [-0.39, 0.29) is 16.5 Å². The van der Waals surface area contributed by atoms with Crippen molar-refractivity contribution >= 4 is 8.07 Å². The maximum Gasteiger partial charge on any atom is 0.0393 e. The van der Waals surface area contributed by atoms with Crippen LogP contribution in [-0.2, 0) is 16.5 Å². The third kappa shape index (κ3) is 2.43. The van der Waals surface area contributed by atoms with E-state index >= 15 is 0 Å². The Hall–Kier alpha value is 0.190. The molecule has 0 aromatic carbocycles. The van der Waals surface area contributed by atoms with E-state index in [1.807, 2.05) is 0 Å². The first-order valence-electron chi connectivity index (χ1n) is 3.38. The van der Waals surface area contributed by atoms with Gasteiger partial charge in [0.15, 0.2) is 0 Å². The third-order valence-corrected chi connectivity index (χ3v) is 3.46. The van der Waals surface area contributed by atoms with Gasteiger partial charge in [-0.3, -0.25) is 6.08 Å². The molecular weight excluding hydrogens is 183 g/mol. The molecule has 0 unspecified atom stereocenters. The van der Waals surface area contributed by atoms with E-state index in [1.165, 1.54) is 5.20 Å². The summed E-state index contributed by atoms with van der Waals surface area (Å²) in [6.07, 6.45) is 8.82. The van der Waals surface area contributed by atoms with Crippen molar-refractivity contribution in [1.82, 2.24) is 0 Å². The van der Waals surface area contributed by atoms with Crippen LogP contribution in [0.5, 0.6) is 0 Å². The molecular formula is C8H13NiSi-. The zero-order valence-corrected chi connectivity index (χ0v) is 8.67. The van der Waals surface area contributed by atoms with Crippen molar-refractivity contribution in [3.05, 3.63) is 23.4 Å². The van der Waals surface area contributed by atoms with Crippen LogP contribution in [0.25, 0.3) is 0 Å². The molecule has 0 fully saturated rings. The topological polar surface area (TPSA) is 0 Å². The van der Waals surface area contributed by atoms with E-state index in [1.54, 1.807) is 0 Å². The van der Waals surface area contributed by atoms with Gasteiger partial charge in [0, 0.05) is 24.6 Å². The minimum Gasteiger partial charge on any atom is -0.274 e. The molecule has 2 heteroatoms. The van der Waals surface area contributed by atoms with Crippen LogP contribution in [0.4, 0.5) is 0 Å². The minimum absolute atomic E-state index is 0. The molecule has 0 amide bonds. The predicted molar refractivity (Wildman–Crippen MR) is 43.9 cm³/mol. The molecule has 0 nitrogen and oxygen atoms in total. The first-order chi connectivity index (χ1) is 4.11. The van der Waals surface area contributed by atoms with Gasteiger partial charge in [0.05, 0.1) is 0 Å². The van der Waals surface area contributed by atoms with Gasteiger partial charge in [-0.25, -0.2) is 11.3 Å². The smallest absolute Gasteiger partial charge is 0.0393 e. The van der Waals surface area contributed by atoms with Crippen molar-refractivity contribution in [3.63, 3.8) is 0 Å². The van der Waals surface area contributed by atoms with Crippen LogP contribution in [0.1, 0.15) is 6.42 Å². The van der Waals surface area contributed by atoms with Crippen LogP contribution in [0.2, 0.25) is 19.6 Å². The van der Waals surface area contributed by atoms with Gasteiger partial charge in [0.2, 0.25) is 0 Å². The molecule has 0 spiro atoms. The van der Waals surface area contributed by atoms with Crippen LogP contribution in [0.3, 0.4) is 0 Å². The Morgan fingerprint density at radius 2 is 2.00 bits per heavy atom. The van der Waals surface area contributed by atoms with Crippen LogP contribution in [0, 0.1) is 6.08 Å². The van der Waals surface area contributed by atoms with Gasteiger partial charge in [-0.1, -0.05) is 19.6 Å². The van der Waals surface area contributed by atoms with Crippen LogP contribution in [0.15, 0.2) is 17.3 Å². The second-order valence-corrected chi connectivity index (χ2v) is 8.49. The predicted octanol–water partition coefficient (Wildman–Crippen LogP) is 2.55. The summed E-state index contributed by atoms with van der Waals surface area (Å²) in [5.41, 5.74) is 0. The molecule has 1 aliphatic carbocycles. The molecule has 0 N–H and O–H groups in total. The van der Waals surface area contributed by atoms with E-state index in [2.05, 4.69) is 37.9 Å². The molecule has 1 aliphatic rings. The number of hydrogen-bond acceptors (Lipinski definition) is 0. The van der Waals surface area contributed by atoms with Crippen molar-refractivity contribution in [2.45, 2.75) is 26.1 Å². The molecule has 0 radical (unpaired) electrons. The largest absolute Gasteiger partial charge is 0.274 e. The zero-order valence-electron chi connectivity index (χ0n) is 6.68. The molecule has 0 atom stereocenters. The van der Waals surface area contributed by atoms with Crippen molar-refractivity contribution in [2.75, 3.05) is 0 Å².